The Balaban J connectivity index is 4.14. The maximum absolute atomic E-state index is 12.5. The minimum Gasteiger partial charge on any atom is -0.462 e. The number of aliphatic hydroxyl groups is 2. The number of ether oxygens (including phenoxy) is 2. The zero-order valence-electron chi connectivity index (χ0n) is 34.7. The highest BCUT2D eigenvalue weighted by Gasteiger charge is 2.27. The molecule has 54 heavy (non-hydrogen) atoms. The maximum Gasteiger partial charge on any atom is 0.472 e. The van der Waals surface area contributed by atoms with Gasteiger partial charge in [-0.05, 0) is 38.5 Å². The molecule has 3 atom stereocenters. The van der Waals surface area contributed by atoms with E-state index in [9.17, 15) is 24.2 Å². The van der Waals surface area contributed by atoms with Gasteiger partial charge in [-0.2, -0.15) is 0 Å². The molecule has 0 saturated heterocycles. The SMILES string of the molecule is CCCCCCCC/C=C/CCCCCCCCCCCCCC(=O)OC[C@@H](COP(=O)(O)OC[C@H](O)CO)OC(=O)CCCCCCCCCCCC. The largest absolute Gasteiger partial charge is 0.472 e. The van der Waals surface area contributed by atoms with Crippen LogP contribution in [0.2, 0.25) is 0 Å². The van der Waals surface area contributed by atoms with Gasteiger partial charge in [0.25, 0.3) is 0 Å². The number of hydrogen-bond donors (Lipinski definition) is 3. The van der Waals surface area contributed by atoms with Crippen LogP contribution in [-0.4, -0.2) is 65.7 Å². The number of carbonyl (C=O) groups excluding carboxylic acids is 2. The lowest BCUT2D eigenvalue weighted by atomic mass is 10.0. The molecule has 0 aliphatic heterocycles. The van der Waals surface area contributed by atoms with E-state index < -0.39 is 51.8 Å². The normalized spacial score (nSPS) is 13.9. The van der Waals surface area contributed by atoms with Crippen LogP contribution in [0.25, 0.3) is 0 Å². The Morgan fingerprint density at radius 1 is 0.537 bits per heavy atom. The van der Waals surface area contributed by atoms with Gasteiger partial charge in [-0.15, -0.1) is 0 Å². The van der Waals surface area contributed by atoms with Crippen molar-refractivity contribution >= 4 is 19.8 Å². The summed E-state index contributed by atoms with van der Waals surface area (Å²) in [6, 6.07) is 0. The number of hydrogen-bond acceptors (Lipinski definition) is 9. The molecule has 0 amide bonds. The van der Waals surface area contributed by atoms with Crippen LogP contribution in [0.4, 0.5) is 0 Å². The first-order chi connectivity index (χ1) is 26.2. The summed E-state index contributed by atoms with van der Waals surface area (Å²) < 4.78 is 32.7. The summed E-state index contributed by atoms with van der Waals surface area (Å²) in [6.45, 7) is 2.38. The van der Waals surface area contributed by atoms with Crippen molar-refractivity contribution in [2.75, 3.05) is 26.4 Å². The van der Waals surface area contributed by atoms with Crippen molar-refractivity contribution in [2.45, 2.75) is 225 Å². The van der Waals surface area contributed by atoms with Gasteiger partial charge in [-0.25, -0.2) is 4.57 Å². The smallest absolute Gasteiger partial charge is 0.462 e. The monoisotopic (exact) mass is 791 g/mol. The van der Waals surface area contributed by atoms with Crippen LogP contribution >= 0.6 is 7.82 Å². The highest BCUT2D eigenvalue weighted by Crippen LogP contribution is 2.43. The fourth-order valence-electron chi connectivity index (χ4n) is 6.22. The van der Waals surface area contributed by atoms with Crippen LogP contribution < -0.4 is 0 Å². The molecule has 0 fully saturated rings. The first-order valence-electron chi connectivity index (χ1n) is 22.1. The van der Waals surface area contributed by atoms with Crippen molar-refractivity contribution in [1.29, 1.82) is 0 Å². The predicted molar refractivity (Wildman–Crippen MR) is 219 cm³/mol. The van der Waals surface area contributed by atoms with E-state index in [0.717, 1.165) is 38.5 Å². The Morgan fingerprint density at radius 2 is 0.907 bits per heavy atom. The number of phosphoric ester groups is 1. The lowest BCUT2D eigenvalue weighted by Crippen LogP contribution is -2.29. The van der Waals surface area contributed by atoms with Gasteiger partial charge in [0.15, 0.2) is 6.10 Å². The Morgan fingerprint density at radius 3 is 1.33 bits per heavy atom. The van der Waals surface area contributed by atoms with Gasteiger partial charge >= 0.3 is 19.8 Å². The van der Waals surface area contributed by atoms with Gasteiger partial charge in [-0.1, -0.05) is 174 Å². The van der Waals surface area contributed by atoms with Crippen molar-refractivity contribution in [3.05, 3.63) is 12.2 Å². The summed E-state index contributed by atoms with van der Waals surface area (Å²) in [4.78, 5) is 34.9. The Labute approximate surface area is 330 Å². The number of rotatable bonds is 42. The fraction of sp³-hybridized carbons (Fsp3) is 0.907. The molecule has 0 bridgehead atoms. The highest BCUT2D eigenvalue weighted by atomic mass is 31.2. The second-order valence-electron chi connectivity index (χ2n) is 15.1. The summed E-state index contributed by atoms with van der Waals surface area (Å²) in [6.07, 6.45) is 37.6. The molecule has 3 N–H and O–H groups in total. The summed E-state index contributed by atoms with van der Waals surface area (Å²) in [5.41, 5.74) is 0. The van der Waals surface area contributed by atoms with Crippen LogP contribution in [-0.2, 0) is 32.7 Å². The fourth-order valence-corrected chi connectivity index (χ4v) is 7.01. The number of unbranched alkanes of at least 4 members (excludes halogenated alkanes) is 26. The molecule has 0 spiro atoms. The van der Waals surface area contributed by atoms with Crippen LogP contribution in [0, 0.1) is 0 Å². The Bertz CT molecular complexity index is 915. The van der Waals surface area contributed by atoms with Gasteiger partial charge in [0.2, 0.25) is 0 Å². The third-order valence-electron chi connectivity index (χ3n) is 9.67. The van der Waals surface area contributed by atoms with E-state index in [-0.39, 0.29) is 19.4 Å². The topological polar surface area (TPSA) is 149 Å². The molecule has 1 unspecified atom stereocenters. The molecular weight excluding hydrogens is 707 g/mol. The number of carbonyl (C=O) groups is 2. The number of esters is 2. The standard InChI is InChI=1S/C43H83O10P/c1-3-5-7-9-11-13-15-16-17-18-19-20-21-22-23-24-25-27-28-30-32-34-42(46)50-38-41(39-52-54(48,49)51-37-40(45)36-44)53-43(47)35-33-31-29-26-14-12-10-8-6-4-2/h16-17,40-41,44-45H,3-15,18-39H2,1-2H3,(H,48,49)/b17-16+/t40-,41+/m1/s1. The Kier molecular flexibility index (Phi) is 39.0. The molecule has 0 rings (SSSR count). The van der Waals surface area contributed by atoms with Crippen molar-refractivity contribution in [1.82, 2.24) is 0 Å². The summed E-state index contributed by atoms with van der Waals surface area (Å²) in [5.74, 6) is -0.918. The molecule has 0 aromatic carbocycles. The quantitative estimate of drug-likeness (QED) is 0.0236. The average molecular weight is 791 g/mol. The van der Waals surface area contributed by atoms with Crippen molar-refractivity contribution < 1.29 is 47.8 Å². The van der Waals surface area contributed by atoms with Gasteiger partial charge in [-0.3, -0.25) is 18.6 Å². The van der Waals surface area contributed by atoms with E-state index in [2.05, 4.69) is 30.5 Å². The van der Waals surface area contributed by atoms with Crippen molar-refractivity contribution in [2.24, 2.45) is 0 Å². The number of allylic oxidation sites excluding steroid dienone is 2. The zero-order valence-corrected chi connectivity index (χ0v) is 35.6. The van der Waals surface area contributed by atoms with E-state index in [1.165, 1.54) is 135 Å². The van der Waals surface area contributed by atoms with E-state index in [0.29, 0.717) is 12.8 Å². The molecule has 0 heterocycles. The average Bonchev–Trinajstić information content (AvgIpc) is 3.16. The molecule has 11 heteroatoms. The first-order valence-corrected chi connectivity index (χ1v) is 23.6. The minimum atomic E-state index is -4.61. The summed E-state index contributed by atoms with van der Waals surface area (Å²) in [7, 11) is -4.61. The van der Waals surface area contributed by atoms with Gasteiger partial charge in [0.05, 0.1) is 19.8 Å². The van der Waals surface area contributed by atoms with E-state index >= 15 is 0 Å². The van der Waals surface area contributed by atoms with Crippen molar-refractivity contribution in [3.63, 3.8) is 0 Å². The molecule has 0 aliphatic rings. The summed E-state index contributed by atoms with van der Waals surface area (Å²) >= 11 is 0. The molecule has 0 aliphatic carbocycles. The van der Waals surface area contributed by atoms with Crippen LogP contribution in [0.5, 0.6) is 0 Å². The van der Waals surface area contributed by atoms with Gasteiger partial charge in [0, 0.05) is 12.8 Å². The van der Waals surface area contributed by atoms with Crippen molar-refractivity contribution in [3.8, 4) is 0 Å². The highest BCUT2D eigenvalue weighted by molar-refractivity contribution is 7.47. The lowest BCUT2D eigenvalue weighted by Gasteiger charge is -2.20. The first kappa shape index (κ1) is 52.7. The van der Waals surface area contributed by atoms with Crippen LogP contribution in [0.1, 0.15) is 213 Å². The second kappa shape index (κ2) is 39.9. The molecule has 10 nitrogen and oxygen atoms in total. The maximum atomic E-state index is 12.5. The zero-order chi connectivity index (χ0) is 39.8. The number of phosphoric acid groups is 1. The molecular formula is C43H83O10P. The molecule has 320 valence electrons. The predicted octanol–water partition coefficient (Wildman–Crippen LogP) is 11.6. The molecule has 0 saturated carbocycles. The molecule has 0 aromatic heterocycles. The second-order valence-corrected chi connectivity index (χ2v) is 16.5. The third-order valence-corrected chi connectivity index (χ3v) is 10.6. The number of aliphatic hydroxyl groups excluding tert-OH is 2. The Hall–Kier alpha value is -1.29. The van der Waals surface area contributed by atoms with Gasteiger partial charge < -0.3 is 24.6 Å². The van der Waals surface area contributed by atoms with Crippen LogP contribution in [0.15, 0.2) is 12.2 Å². The van der Waals surface area contributed by atoms with E-state index in [1.54, 1.807) is 0 Å². The molecule has 0 aromatic rings. The third kappa shape index (κ3) is 39.0. The minimum absolute atomic E-state index is 0.189. The molecule has 0 radical (unpaired) electrons. The summed E-state index contributed by atoms with van der Waals surface area (Å²) in [5, 5.41) is 18.3. The van der Waals surface area contributed by atoms with E-state index in [1.807, 2.05) is 0 Å². The van der Waals surface area contributed by atoms with Crippen LogP contribution in [0.3, 0.4) is 0 Å². The van der Waals surface area contributed by atoms with Gasteiger partial charge in [0.1, 0.15) is 12.7 Å². The van der Waals surface area contributed by atoms with E-state index in [4.69, 9.17) is 19.1 Å². The lowest BCUT2D eigenvalue weighted by molar-refractivity contribution is -0.161.